The van der Waals surface area contributed by atoms with E-state index in [4.69, 9.17) is 4.74 Å². The van der Waals surface area contributed by atoms with E-state index < -0.39 is 17.3 Å². The normalized spacial score (nSPS) is 11.7. The first-order valence-electron chi connectivity index (χ1n) is 10.2. The van der Waals surface area contributed by atoms with Gasteiger partial charge >= 0.3 is 12.2 Å². The van der Waals surface area contributed by atoms with E-state index in [0.717, 1.165) is 11.6 Å². The molecule has 170 valence electrons. The molecule has 9 heteroatoms. The quantitative estimate of drug-likeness (QED) is 0.399. The summed E-state index contributed by atoms with van der Waals surface area (Å²) in [4.78, 5) is 24.1. The van der Waals surface area contributed by atoms with Crippen LogP contribution in [0.2, 0.25) is 0 Å². The van der Waals surface area contributed by atoms with Crippen molar-refractivity contribution in [2.24, 2.45) is 0 Å². The number of alkyl halides is 3. The fraction of sp³-hybridized carbons (Fsp3) is 0.208. The van der Waals surface area contributed by atoms with E-state index in [-0.39, 0.29) is 23.0 Å². The molecule has 0 atom stereocenters. The van der Waals surface area contributed by atoms with Crippen LogP contribution in [-0.4, -0.2) is 22.0 Å². The van der Waals surface area contributed by atoms with Crippen molar-refractivity contribution in [1.29, 1.82) is 0 Å². The smallest absolute Gasteiger partial charge is 0.418 e. The van der Waals surface area contributed by atoms with Gasteiger partial charge in [-0.05, 0) is 47.9 Å². The van der Waals surface area contributed by atoms with Crippen molar-refractivity contribution in [2.75, 3.05) is 11.9 Å². The lowest BCUT2D eigenvalue weighted by Gasteiger charge is -2.24. The van der Waals surface area contributed by atoms with Gasteiger partial charge in [-0.25, -0.2) is 0 Å². The van der Waals surface area contributed by atoms with Crippen LogP contribution in [0.1, 0.15) is 30.9 Å². The van der Waals surface area contributed by atoms with Gasteiger partial charge < -0.3 is 9.64 Å². The first-order valence-corrected chi connectivity index (χ1v) is 10.2. The van der Waals surface area contributed by atoms with Crippen molar-refractivity contribution in [1.82, 2.24) is 15.0 Å². The van der Waals surface area contributed by atoms with Gasteiger partial charge in [0.25, 0.3) is 5.56 Å². The summed E-state index contributed by atoms with van der Waals surface area (Å²) in [5.41, 5.74) is 0.602. The van der Waals surface area contributed by atoms with Crippen molar-refractivity contribution < 1.29 is 17.9 Å². The summed E-state index contributed by atoms with van der Waals surface area (Å²) in [6.07, 6.45) is -1.81. The maximum atomic E-state index is 13.9. The summed E-state index contributed by atoms with van der Waals surface area (Å²) in [6.45, 7) is 4.10. The molecule has 0 radical (unpaired) electrons. The maximum absolute atomic E-state index is 13.9. The number of ether oxygens (including phenoxy) is 1. The van der Waals surface area contributed by atoms with Crippen LogP contribution < -0.4 is 15.2 Å². The number of nitrogens with one attached hydrogen (secondary N) is 1. The molecule has 0 saturated carbocycles. The fourth-order valence-corrected chi connectivity index (χ4v) is 3.45. The van der Waals surface area contributed by atoms with Gasteiger partial charge in [0, 0.05) is 18.9 Å². The van der Waals surface area contributed by atoms with Crippen LogP contribution >= 0.6 is 0 Å². The number of anilines is 2. The minimum absolute atomic E-state index is 0.0312. The highest BCUT2D eigenvalue weighted by molar-refractivity contribution is 5.76. The predicted molar refractivity (Wildman–Crippen MR) is 120 cm³/mol. The molecule has 1 N–H and O–H groups in total. The van der Waals surface area contributed by atoms with Gasteiger partial charge in [0.05, 0.1) is 28.4 Å². The topological polar surface area (TPSA) is 71.1 Å². The van der Waals surface area contributed by atoms with Crippen LogP contribution in [-0.2, 0) is 6.18 Å². The van der Waals surface area contributed by atoms with Crippen LogP contribution in [0, 0.1) is 0 Å². The van der Waals surface area contributed by atoms with Gasteiger partial charge in [-0.1, -0.05) is 26.0 Å². The van der Waals surface area contributed by atoms with Crippen LogP contribution in [0.4, 0.5) is 24.5 Å². The number of rotatable bonds is 5. The third kappa shape index (κ3) is 4.67. The second kappa shape index (κ2) is 8.57. The molecule has 0 spiro atoms. The van der Waals surface area contributed by atoms with Crippen LogP contribution in [0.5, 0.6) is 11.8 Å². The Morgan fingerprint density at radius 2 is 1.79 bits per heavy atom. The Morgan fingerprint density at radius 3 is 2.45 bits per heavy atom. The lowest BCUT2D eigenvalue weighted by molar-refractivity contribution is -0.137. The van der Waals surface area contributed by atoms with E-state index in [9.17, 15) is 18.0 Å². The molecule has 0 saturated heterocycles. The second-order valence-electron chi connectivity index (χ2n) is 7.85. The Hall–Kier alpha value is -3.88. The zero-order chi connectivity index (χ0) is 23.8. The molecule has 33 heavy (non-hydrogen) atoms. The Labute approximate surface area is 187 Å². The number of hydrogen-bond acceptors (Lipinski definition) is 5. The molecule has 0 bridgehead atoms. The highest BCUT2D eigenvalue weighted by Crippen LogP contribution is 2.41. The number of nitrogens with zero attached hydrogens (tertiary/aromatic N) is 3. The standard InChI is InChI=1S/C24H21F3N4O2/c1-14(2)15-4-6-16(7-5-15)31(3)21-9-8-17(12-19(21)24(25,26)27)33-23-29-20-13-28-11-10-18(20)22(32)30-23/h4-14H,1-3H3,(H,29,30,32). The molecule has 0 aliphatic heterocycles. The minimum atomic E-state index is -4.63. The zero-order valence-corrected chi connectivity index (χ0v) is 18.1. The monoisotopic (exact) mass is 454 g/mol. The van der Waals surface area contributed by atoms with Crippen molar-refractivity contribution in [3.05, 3.63) is 82.4 Å². The number of aromatic nitrogens is 3. The predicted octanol–water partition coefficient (Wildman–Crippen LogP) is 6.02. The number of aromatic amines is 1. The number of benzene rings is 2. The molecule has 0 aliphatic carbocycles. The number of H-pyrrole nitrogens is 1. The van der Waals surface area contributed by atoms with Crippen molar-refractivity contribution in [3.8, 4) is 11.8 Å². The number of halogens is 3. The molecule has 2 heterocycles. The second-order valence-corrected chi connectivity index (χ2v) is 7.85. The average Bonchev–Trinajstić information content (AvgIpc) is 2.78. The van der Waals surface area contributed by atoms with Crippen LogP contribution in [0.3, 0.4) is 0 Å². The molecule has 6 nitrogen and oxygen atoms in total. The van der Waals surface area contributed by atoms with Crippen molar-refractivity contribution in [3.63, 3.8) is 0 Å². The Morgan fingerprint density at radius 1 is 1.06 bits per heavy atom. The van der Waals surface area contributed by atoms with Gasteiger partial charge in [0.2, 0.25) is 0 Å². The first kappa shape index (κ1) is 22.3. The molecule has 2 aromatic carbocycles. The van der Waals surface area contributed by atoms with E-state index in [1.54, 1.807) is 19.2 Å². The molecular formula is C24H21F3N4O2. The summed E-state index contributed by atoms with van der Waals surface area (Å²) >= 11 is 0. The Balaban J connectivity index is 1.69. The molecule has 0 fully saturated rings. The first-order chi connectivity index (χ1) is 15.6. The SMILES string of the molecule is CC(C)c1ccc(N(C)c2ccc(Oc3nc4cnccc4c(=O)[nH]3)cc2C(F)(F)F)cc1. The number of pyridine rings is 1. The average molecular weight is 454 g/mol. The van der Waals surface area contributed by atoms with Crippen LogP contribution in [0.25, 0.3) is 10.9 Å². The molecule has 2 aromatic heterocycles. The molecular weight excluding hydrogens is 433 g/mol. The highest BCUT2D eigenvalue weighted by Gasteiger charge is 2.35. The molecule has 4 rings (SSSR count). The van der Waals surface area contributed by atoms with Gasteiger partial charge in [-0.2, -0.15) is 18.2 Å². The largest absolute Gasteiger partial charge is 0.426 e. The summed E-state index contributed by atoms with van der Waals surface area (Å²) in [5, 5.41) is 0.300. The molecule has 0 aliphatic rings. The lowest BCUT2D eigenvalue weighted by Crippen LogP contribution is -2.17. The highest BCUT2D eigenvalue weighted by atomic mass is 19.4. The van der Waals surface area contributed by atoms with Gasteiger partial charge in [0.15, 0.2) is 0 Å². The molecule has 0 unspecified atom stereocenters. The van der Waals surface area contributed by atoms with E-state index >= 15 is 0 Å². The van der Waals surface area contributed by atoms with Crippen molar-refractivity contribution >= 4 is 22.3 Å². The van der Waals surface area contributed by atoms with Gasteiger partial charge in [-0.3, -0.25) is 14.8 Å². The minimum Gasteiger partial charge on any atom is -0.426 e. The van der Waals surface area contributed by atoms with Crippen LogP contribution in [0.15, 0.2) is 65.7 Å². The van der Waals surface area contributed by atoms with E-state index in [1.165, 1.54) is 35.5 Å². The summed E-state index contributed by atoms with van der Waals surface area (Å²) in [7, 11) is 1.57. The van der Waals surface area contributed by atoms with Crippen molar-refractivity contribution in [2.45, 2.75) is 25.9 Å². The number of fused-ring (bicyclic) bond motifs is 1. The summed E-state index contributed by atoms with van der Waals surface area (Å²) in [6, 6.07) is 12.3. The zero-order valence-electron chi connectivity index (χ0n) is 18.1. The van der Waals surface area contributed by atoms with E-state index in [0.29, 0.717) is 17.0 Å². The van der Waals surface area contributed by atoms with E-state index in [1.807, 2.05) is 26.0 Å². The lowest BCUT2D eigenvalue weighted by atomic mass is 10.0. The molecule has 4 aromatic rings. The summed E-state index contributed by atoms with van der Waals surface area (Å²) in [5.74, 6) is 0.207. The molecule has 0 amide bonds. The van der Waals surface area contributed by atoms with E-state index in [2.05, 4.69) is 15.0 Å². The van der Waals surface area contributed by atoms with Gasteiger partial charge in [-0.15, -0.1) is 0 Å². The summed E-state index contributed by atoms with van der Waals surface area (Å²) < 4.78 is 47.2. The third-order valence-corrected chi connectivity index (χ3v) is 5.28. The Kier molecular flexibility index (Phi) is 5.80. The third-order valence-electron chi connectivity index (χ3n) is 5.28. The Bertz CT molecular complexity index is 1350. The fourth-order valence-electron chi connectivity index (χ4n) is 3.45. The number of hydrogen-bond donors (Lipinski definition) is 1. The maximum Gasteiger partial charge on any atom is 0.418 e. The van der Waals surface area contributed by atoms with Gasteiger partial charge in [0.1, 0.15) is 5.75 Å².